The minimum absolute atomic E-state index is 0.229. The van der Waals surface area contributed by atoms with Crippen molar-refractivity contribution in [3.63, 3.8) is 0 Å². The molecular formula is C16H14O3. The van der Waals surface area contributed by atoms with Crippen LogP contribution in [0.25, 0.3) is 11.1 Å². The van der Waals surface area contributed by atoms with Crippen LogP contribution in [0.5, 0.6) is 5.75 Å². The normalized spacial score (nSPS) is 9.89. The van der Waals surface area contributed by atoms with Crippen molar-refractivity contribution in [2.45, 2.75) is 0 Å². The molecule has 2 aromatic rings. The molecular weight excluding hydrogens is 240 g/mol. The number of rotatable bonds is 5. The summed E-state index contributed by atoms with van der Waals surface area (Å²) < 4.78 is 5.36. The molecule has 0 saturated carbocycles. The maximum Gasteiger partial charge on any atom is 0.336 e. The van der Waals surface area contributed by atoms with Gasteiger partial charge in [-0.1, -0.05) is 43.0 Å². The van der Waals surface area contributed by atoms with Crippen molar-refractivity contribution >= 4 is 5.97 Å². The van der Waals surface area contributed by atoms with Crippen molar-refractivity contribution in [2.75, 3.05) is 6.61 Å². The van der Waals surface area contributed by atoms with Gasteiger partial charge in [-0.3, -0.25) is 0 Å². The maximum absolute atomic E-state index is 11.3. The highest BCUT2D eigenvalue weighted by Crippen LogP contribution is 2.27. The van der Waals surface area contributed by atoms with E-state index in [-0.39, 0.29) is 5.56 Å². The summed E-state index contributed by atoms with van der Waals surface area (Å²) in [5.41, 5.74) is 1.78. The molecule has 0 amide bonds. The number of ether oxygens (including phenoxy) is 1. The van der Waals surface area contributed by atoms with Crippen molar-refractivity contribution in [1.29, 1.82) is 0 Å². The Morgan fingerprint density at radius 3 is 2.58 bits per heavy atom. The van der Waals surface area contributed by atoms with Gasteiger partial charge in [0.2, 0.25) is 0 Å². The van der Waals surface area contributed by atoms with Crippen molar-refractivity contribution in [1.82, 2.24) is 0 Å². The molecule has 0 bridgehead atoms. The van der Waals surface area contributed by atoms with Crippen LogP contribution in [0.1, 0.15) is 10.4 Å². The summed E-state index contributed by atoms with van der Waals surface area (Å²) in [7, 11) is 0. The van der Waals surface area contributed by atoms with E-state index >= 15 is 0 Å². The zero-order valence-corrected chi connectivity index (χ0v) is 10.4. The molecule has 2 aromatic carbocycles. The smallest absolute Gasteiger partial charge is 0.336 e. The second-order valence-corrected chi connectivity index (χ2v) is 3.98. The van der Waals surface area contributed by atoms with Crippen LogP contribution in [-0.4, -0.2) is 17.7 Å². The van der Waals surface area contributed by atoms with Gasteiger partial charge in [0.05, 0.1) is 5.56 Å². The van der Waals surface area contributed by atoms with Crippen LogP contribution < -0.4 is 4.74 Å². The zero-order chi connectivity index (χ0) is 13.7. The summed E-state index contributed by atoms with van der Waals surface area (Å²) in [5, 5.41) is 9.30. The predicted molar refractivity (Wildman–Crippen MR) is 74.5 cm³/mol. The third-order valence-electron chi connectivity index (χ3n) is 2.67. The van der Waals surface area contributed by atoms with Gasteiger partial charge in [0.1, 0.15) is 12.4 Å². The molecule has 0 aliphatic carbocycles. The van der Waals surface area contributed by atoms with Gasteiger partial charge in [0.25, 0.3) is 0 Å². The number of carboxylic acid groups (broad SMARTS) is 1. The molecule has 2 rings (SSSR count). The van der Waals surface area contributed by atoms with E-state index in [1.807, 2.05) is 30.3 Å². The Bertz CT molecular complexity index is 588. The first-order valence-electron chi connectivity index (χ1n) is 5.89. The highest BCUT2D eigenvalue weighted by atomic mass is 16.5. The molecule has 0 unspecified atom stereocenters. The summed E-state index contributed by atoms with van der Waals surface area (Å²) in [5.74, 6) is -0.445. The van der Waals surface area contributed by atoms with Crippen LogP contribution in [0.15, 0.2) is 61.2 Å². The molecule has 0 saturated heterocycles. The largest absolute Gasteiger partial charge is 0.490 e. The Balaban J connectivity index is 2.44. The summed E-state index contributed by atoms with van der Waals surface area (Å²) in [6.07, 6.45) is 1.62. The van der Waals surface area contributed by atoms with Crippen LogP contribution in [0.2, 0.25) is 0 Å². The summed E-state index contributed by atoms with van der Waals surface area (Å²) in [6.45, 7) is 3.91. The monoisotopic (exact) mass is 254 g/mol. The van der Waals surface area contributed by atoms with Crippen LogP contribution in [0, 0.1) is 0 Å². The molecule has 3 nitrogen and oxygen atoms in total. The fourth-order valence-electron chi connectivity index (χ4n) is 1.81. The quantitative estimate of drug-likeness (QED) is 0.829. The van der Waals surface area contributed by atoms with Crippen LogP contribution in [0.3, 0.4) is 0 Å². The summed E-state index contributed by atoms with van der Waals surface area (Å²) >= 11 is 0. The fraction of sp³-hybridized carbons (Fsp3) is 0.0625. The van der Waals surface area contributed by atoms with Crippen molar-refractivity contribution in [2.24, 2.45) is 0 Å². The van der Waals surface area contributed by atoms with Gasteiger partial charge in [-0.25, -0.2) is 4.79 Å². The van der Waals surface area contributed by atoms with Gasteiger partial charge in [0.15, 0.2) is 0 Å². The first-order chi connectivity index (χ1) is 9.22. The third kappa shape index (κ3) is 3.01. The first kappa shape index (κ1) is 12.9. The standard InChI is InChI=1S/C16H14O3/c1-2-10-19-13-8-9-14(15(11-13)16(17)18)12-6-4-3-5-7-12/h2-9,11H,1,10H2,(H,17,18). The second-order valence-electron chi connectivity index (χ2n) is 3.98. The molecule has 3 heteroatoms. The van der Waals surface area contributed by atoms with E-state index in [1.54, 1.807) is 18.2 Å². The number of hydrogen-bond acceptors (Lipinski definition) is 2. The van der Waals surface area contributed by atoms with Gasteiger partial charge < -0.3 is 9.84 Å². The van der Waals surface area contributed by atoms with E-state index < -0.39 is 5.97 Å². The Labute approximate surface area is 111 Å². The molecule has 19 heavy (non-hydrogen) atoms. The van der Waals surface area contributed by atoms with E-state index in [0.29, 0.717) is 17.9 Å². The average molecular weight is 254 g/mol. The Hall–Kier alpha value is -2.55. The molecule has 0 heterocycles. The van der Waals surface area contributed by atoms with E-state index in [1.165, 1.54) is 6.07 Å². The summed E-state index contributed by atoms with van der Waals surface area (Å²) in [6, 6.07) is 14.5. The first-order valence-corrected chi connectivity index (χ1v) is 5.89. The highest BCUT2D eigenvalue weighted by Gasteiger charge is 2.12. The number of hydrogen-bond donors (Lipinski definition) is 1. The number of carbonyl (C=O) groups is 1. The average Bonchev–Trinajstić information content (AvgIpc) is 2.45. The lowest BCUT2D eigenvalue weighted by Gasteiger charge is -2.09. The molecule has 0 atom stereocenters. The number of benzene rings is 2. The molecule has 1 N–H and O–H groups in total. The molecule has 0 radical (unpaired) electrons. The van der Waals surface area contributed by atoms with Crippen molar-refractivity contribution < 1.29 is 14.6 Å². The molecule has 0 aliphatic heterocycles. The van der Waals surface area contributed by atoms with Gasteiger partial charge in [-0.05, 0) is 29.3 Å². The van der Waals surface area contributed by atoms with E-state index in [2.05, 4.69) is 6.58 Å². The van der Waals surface area contributed by atoms with Gasteiger partial charge in [0, 0.05) is 0 Å². The fourth-order valence-corrected chi connectivity index (χ4v) is 1.81. The maximum atomic E-state index is 11.3. The van der Waals surface area contributed by atoms with E-state index in [9.17, 15) is 9.90 Å². The second kappa shape index (κ2) is 5.87. The predicted octanol–water partition coefficient (Wildman–Crippen LogP) is 3.62. The van der Waals surface area contributed by atoms with Crippen LogP contribution in [-0.2, 0) is 0 Å². The molecule has 0 aliphatic rings. The number of aromatic carboxylic acids is 1. The zero-order valence-electron chi connectivity index (χ0n) is 10.4. The van der Waals surface area contributed by atoms with Crippen molar-refractivity contribution in [3.8, 4) is 16.9 Å². The summed E-state index contributed by atoms with van der Waals surface area (Å²) in [4.78, 5) is 11.3. The lowest BCUT2D eigenvalue weighted by molar-refractivity contribution is 0.0697. The third-order valence-corrected chi connectivity index (χ3v) is 2.67. The minimum atomic E-state index is -0.970. The van der Waals surface area contributed by atoms with E-state index in [4.69, 9.17) is 4.74 Å². The lowest BCUT2D eigenvalue weighted by Crippen LogP contribution is -2.01. The van der Waals surface area contributed by atoms with Gasteiger partial charge >= 0.3 is 5.97 Å². The van der Waals surface area contributed by atoms with Gasteiger partial charge in [-0.2, -0.15) is 0 Å². The molecule has 0 fully saturated rings. The van der Waals surface area contributed by atoms with Crippen LogP contribution >= 0.6 is 0 Å². The number of carboxylic acids is 1. The Morgan fingerprint density at radius 2 is 1.95 bits per heavy atom. The molecule has 0 spiro atoms. The SMILES string of the molecule is C=CCOc1ccc(-c2ccccc2)c(C(=O)O)c1. The lowest BCUT2D eigenvalue weighted by atomic mass is 9.99. The van der Waals surface area contributed by atoms with Crippen molar-refractivity contribution in [3.05, 3.63) is 66.7 Å². The molecule has 0 aromatic heterocycles. The highest BCUT2D eigenvalue weighted by molar-refractivity contribution is 5.96. The topological polar surface area (TPSA) is 46.5 Å². The Kier molecular flexibility index (Phi) is 3.98. The van der Waals surface area contributed by atoms with Crippen LogP contribution in [0.4, 0.5) is 0 Å². The Morgan fingerprint density at radius 1 is 1.21 bits per heavy atom. The van der Waals surface area contributed by atoms with E-state index in [0.717, 1.165) is 5.56 Å². The minimum Gasteiger partial charge on any atom is -0.490 e. The molecule has 96 valence electrons. The van der Waals surface area contributed by atoms with Gasteiger partial charge in [-0.15, -0.1) is 0 Å².